The summed E-state index contributed by atoms with van der Waals surface area (Å²) in [6.45, 7) is 2.29. The molecular weight excluding hydrogens is 333 g/mol. The summed E-state index contributed by atoms with van der Waals surface area (Å²) in [6, 6.07) is 9.22. The second-order valence-corrected chi connectivity index (χ2v) is 6.90. The average molecular weight is 356 g/mol. The molecule has 1 aromatic carbocycles. The Morgan fingerprint density at radius 1 is 1.28 bits per heavy atom. The van der Waals surface area contributed by atoms with Crippen molar-refractivity contribution in [2.75, 3.05) is 26.2 Å². The highest BCUT2D eigenvalue weighted by atomic mass is 19.4. The van der Waals surface area contributed by atoms with E-state index in [1.165, 1.54) is 0 Å². The fraction of sp³-hybridized carbons (Fsp3) is 0.611. The minimum absolute atomic E-state index is 0.0145. The summed E-state index contributed by atoms with van der Waals surface area (Å²) in [5.41, 5.74) is 0.513. The van der Waals surface area contributed by atoms with Crippen molar-refractivity contribution in [1.82, 2.24) is 9.80 Å². The zero-order valence-corrected chi connectivity index (χ0v) is 14.2. The molecule has 0 bridgehead atoms. The Bertz CT molecular complexity index is 614. The van der Waals surface area contributed by atoms with Gasteiger partial charge in [-0.3, -0.25) is 9.69 Å². The topological polar surface area (TPSA) is 43.8 Å². The van der Waals surface area contributed by atoms with Crippen molar-refractivity contribution >= 4 is 5.91 Å². The van der Waals surface area contributed by atoms with E-state index in [0.29, 0.717) is 19.5 Å². The summed E-state index contributed by atoms with van der Waals surface area (Å²) in [4.78, 5) is 15.4. The van der Waals surface area contributed by atoms with Gasteiger partial charge in [-0.15, -0.1) is 0 Å². The first-order valence-electron chi connectivity index (χ1n) is 8.59. The molecule has 2 aliphatic rings. The van der Waals surface area contributed by atoms with Crippen LogP contribution in [0.2, 0.25) is 0 Å². The Kier molecular flexibility index (Phi) is 4.81. The number of benzene rings is 1. The molecule has 0 aromatic heterocycles. The summed E-state index contributed by atoms with van der Waals surface area (Å²) in [6.07, 6.45) is -4.76. The summed E-state index contributed by atoms with van der Waals surface area (Å²) in [5.74, 6) is -0.0477. The number of likely N-dealkylation sites (tertiary alicyclic amines) is 2. The van der Waals surface area contributed by atoms with Crippen LogP contribution in [0, 0.1) is 0 Å². The Balaban J connectivity index is 1.83. The fourth-order valence-electron chi connectivity index (χ4n) is 4.39. The molecule has 1 N–H and O–H groups in total. The van der Waals surface area contributed by atoms with Crippen molar-refractivity contribution in [3.05, 3.63) is 35.9 Å². The van der Waals surface area contributed by atoms with Gasteiger partial charge in [-0.05, 0) is 5.56 Å². The van der Waals surface area contributed by atoms with Crippen LogP contribution in [0.3, 0.4) is 0 Å². The Morgan fingerprint density at radius 3 is 2.44 bits per heavy atom. The van der Waals surface area contributed by atoms with Crippen LogP contribution in [-0.2, 0) is 4.79 Å². The van der Waals surface area contributed by atoms with E-state index >= 15 is 0 Å². The number of hydrogen-bond acceptors (Lipinski definition) is 3. The third-order valence-electron chi connectivity index (χ3n) is 5.50. The highest BCUT2D eigenvalue weighted by Crippen LogP contribution is 2.54. The van der Waals surface area contributed by atoms with E-state index in [1.807, 2.05) is 30.3 Å². The Labute approximate surface area is 145 Å². The normalized spacial score (nSPS) is 25.6. The molecule has 2 fully saturated rings. The van der Waals surface area contributed by atoms with E-state index < -0.39 is 18.1 Å². The number of amides is 1. The third-order valence-corrected chi connectivity index (χ3v) is 5.50. The second-order valence-electron chi connectivity index (χ2n) is 6.90. The Morgan fingerprint density at radius 2 is 1.92 bits per heavy atom. The Hall–Kier alpha value is -1.60. The number of hydrogen-bond donors (Lipinski definition) is 1. The number of aliphatic hydroxyl groups excluding tert-OH is 1. The number of carbonyl (C=O) groups excluding carboxylic acids is 1. The maximum atomic E-state index is 12.7. The first-order valence-corrected chi connectivity index (χ1v) is 8.59. The minimum Gasteiger partial charge on any atom is -0.395 e. The van der Waals surface area contributed by atoms with E-state index in [4.69, 9.17) is 0 Å². The predicted molar refractivity (Wildman–Crippen MR) is 87.0 cm³/mol. The van der Waals surface area contributed by atoms with Gasteiger partial charge in [-0.2, -0.15) is 13.2 Å². The first-order chi connectivity index (χ1) is 11.8. The van der Waals surface area contributed by atoms with Crippen LogP contribution in [0.1, 0.15) is 31.2 Å². The van der Waals surface area contributed by atoms with E-state index in [0.717, 1.165) is 5.56 Å². The van der Waals surface area contributed by atoms with E-state index in [2.05, 4.69) is 0 Å². The molecule has 25 heavy (non-hydrogen) atoms. The van der Waals surface area contributed by atoms with Crippen LogP contribution in [0.15, 0.2) is 30.3 Å². The molecule has 1 spiro atoms. The second kappa shape index (κ2) is 6.61. The van der Waals surface area contributed by atoms with Crippen LogP contribution < -0.4 is 0 Å². The van der Waals surface area contributed by atoms with Crippen molar-refractivity contribution in [1.29, 1.82) is 0 Å². The van der Waals surface area contributed by atoms with E-state index in [1.54, 1.807) is 16.7 Å². The molecule has 1 aromatic rings. The number of alkyl halides is 3. The number of carbonyl (C=O) groups is 1. The third kappa shape index (κ3) is 3.15. The number of aliphatic hydroxyl groups is 1. The van der Waals surface area contributed by atoms with Crippen LogP contribution in [0.4, 0.5) is 13.2 Å². The molecular formula is C18H23F3N2O2. The number of nitrogens with zero attached hydrogens (tertiary/aromatic N) is 2. The molecule has 3 rings (SSSR count). The first kappa shape index (κ1) is 18.2. The summed E-state index contributed by atoms with van der Waals surface area (Å²) in [5, 5.41) is 9.79. The van der Waals surface area contributed by atoms with Crippen LogP contribution >= 0.6 is 0 Å². The largest absolute Gasteiger partial charge is 0.395 e. The lowest BCUT2D eigenvalue weighted by Gasteiger charge is -2.71. The lowest BCUT2D eigenvalue weighted by Crippen LogP contribution is -2.85. The highest BCUT2D eigenvalue weighted by Gasteiger charge is 2.66. The highest BCUT2D eigenvalue weighted by molar-refractivity contribution is 5.77. The molecule has 0 unspecified atom stereocenters. The van der Waals surface area contributed by atoms with Gasteiger partial charge < -0.3 is 10.0 Å². The minimum atomic E-state index is -4.23. The zero-order chi connectivity index (χ0) is 18.2. The van der Waals surface area contributed by atoms with Gasteiger partial charge in [0.1, 0.15) is 0 Å². The molecule has 2 aliphatic heterocycles. The molecule has 7 heteroatoms. The molecule has 0 radical (unpaired) electrons. The molecule has 1 amide bonds. The van der Waals surface area contributed by atoms with E-state index in [9.17, 15) is 23.1 Å². The van der Waals surface area contributed by atoms with Gasteiger partial charge in [0.25, 0.3) is 0 Å². The van der Waals surface area contributed by atoms with Gasteiger partial charge in [-0.25, -0.2) is 0 Å². The van der Waals surface area contributed by atoms with Gasteiger partial charge in [0.2, 0.25) is 5.91 Å². The van der Waals surface area contributed by atoms with Crippen molar-refractivity contribution < 1.29 is 23.1 Å². The zero-order valence-electron chi connectivity index (χ0n) is 14.2. The molecule has 0 aliphatic carbocycles. The lowest BCUT2D eigenvalue weighted by molar-refractivity contribution is -0.209. The SMILES string of the molecule is CCC(=O)N1CC2(C1)[C@H](c1ccccc1)[C@H](CO)N2CCC(F)(F)F. The van der Waals surface area contributed by atoms with Crippen molar-refractivity contribution in [2.45, 2.75) is 43.4 Å². The van der Waals surface area contributed by atoms with Gasteiger partial charge in [0.15, 0.2) is 0 Å². The smallest absolute Gasteiger partial charge is 0.390 e. The fourth-order valence-corrected chi connectivity index (χ4v) is 4.39. The molecule has 2 atom stereocenters. The quantitative estimate of drug-likeness (QED) is 0.881. The average Bonchev–Trinajstić information content (AvgIpc) is 2.52. The number of halogens is 3. The molecule has 2 saturated heterocycles. The van der Waals surface area contributed by atoms with Crippen molar-refractivity contribution in [3.8, 4) is 0 Å². The van der Waals surface area contributed by atoms with Crippen LogP contribution in [0.5, 0.6) is 0 Å². The lowest BCUT2D eigenvalue weighted by atomic mass is 9.60. The molecule has 138 valence electrons. The van der Waals surface area contributed by atoms with Gasteiger partial charge in [0, 0.05) is 38.0 Å². The van der Waals surface area contributed by atoms with Gasteiger partial charge in [-0.1, -0.05) is 37.3 Å². The molecule has 2 heterocycles. The van der Waals surface area contributed by atoms with Crippen LogP contribution in [0.25, 0.3) is 0 Å². The van der Waals surface area contributed by atoms with Crippen LogP contribution in [-0.4, -0.2) is 64.8 Å². The summed E-state index contributed by atoms with van der Waals surface area (Å²) < 4.78 is 38.1. The maximum Gasteiger partial charge on any atom is 0.390 e. The maximum absolute atomic E-state index is 12.7. The van der Waals surface area contributed by atoms with E-state index in [-0.39, 0.29) is 31.0 Å². The number of rotatable bonds is 5. The monoisotopic (exact) mass is 356 g/mol. The van der Waals surface area contributed by atoms with Gasteiger partial charge >= 0.3 is 6.18 Å². The van der Waals surface area contributed by atoms with Gasteiger partial charge in [0.05, 0.1) is 18.6 Å². The molecule has 0 saturated carbocycles. The van der Waals surface area contributed by atoms with Crippen molar-refractivity contribution in [2.24, 2.45) is 0 Å². The predicted octanol–water partition coefficient (Wildman–Crippen LogP) is 2.39. The summed E-state index contributed by atoms with van der Waals surface area (Å²) >= 11 is 0. The van der Waals surface area contributed by atoms with Crippen molar-refractivity contribution in [3.63, 3.8) is 0 Å². The molecule has 4 nitrogen and oxygen atoms in total. The standard InChI is InChI=1S/C18H23F3N2O2/c1-2-15(25)22-11-17(12-22)16(13-6-4-3-5-7-13)14(10-24)23(17)9-8-18(19,20)21/h3-7,14,16,24H,2,8-12H2,1H3/t14-,16+/m0/s1. The summed E-state index contributed by atoms with van der Waals surface area (Å²) in [7, 11) is 0.